The van der Waals surface area contributed by atoms with Crippen LogP contribution in [0.5, 0.6) is 0 Å². The van der Waals surface area contributed by atoms with Crippen LogP contribution >= 0.6 is 0 Å². The van der Waals surface area contributed by atoms with Crippen molar-refractivity contribution in [2.45, 2.75) is 24.4 Å². The van der Waals surface area contributed by atoms with Crippen molar-refractivity contribution in [3.05, 3.63) is 12.8 Å². The molecule has 0 aliphatic heterocycles. The highest BCUT2D eigenvalue weighted by Crippen LogP contribution is 2.02. The Hall–Kier alpha value is -0.990. The Morgan fingerprint density at radius 2 is 1.53 bits per heavy atom. The van der Waals surface area contributed by atoms with Gasteiger partial charge in [-0.3, -0.25) is 0 Å². The first-order valence-corrected chi connectivity index (χ1v) is 3.99. The smallest absolute Gasteiger partial charge is 0.151 e. The van der Waals surface area contributed by atoms with Gasteiger partial charge >= 0.3 is 0 Å². The van der Waals surface area contributed by atoms with Gasteiger partial charge in [-0.05, 0) is 0 Å². The largest absolute Gasteiger partial charge is 0.516 e. The van der Waals surface area contributed by atoms with Crippen molar-refractivity contribution in [2.75, 3.05) is 6.61 Å². The van der Waals surface area contributed by atoms with Crippen molar-refractivity contribution in [2.24, 2.45) is 0 Å². The highest BCUT2D eigenvalue weighted by molar-refractivity contribution is 5.56. The van der Waals surface area contributed by atoms with Crippen molar-refractivity contribution >= 4 is 6.29 Å². The lowest BCUT2D eigenvalue weighted by Crippen LogP contribution is -2.46. The van der Waals surface area contributed by atoms with Crippen LogP contribution in [0.4, 0.5) is 0 Å². The maximum Gasteiger partial charge on any atom is 0.151 e. The molecular formula is C8H16O7. The summed E-state index contributed by atoms with van der Waals surface area (Å²) in [6.45, 7) is 2.16. The maximum atomic E-state index is 9.90. The van der Waals surface area contributed by atoms with Crippen LogP contribution in [-0.2, 0) is 4.79 Å². The lowest BCUT2D eigenvalue weighted by Gasteiger charge is -2.22. The van der Waals surface area contributed by atoms with E-state index in [0.717, 1.165) is 6.26 Å². The SMILES string of the molecule is C=CO.O=CC(O)C(O)C(O)C(O)CO. The van der Waals surface area contributed by atoms with E-state index in [1.54, 1.807) is 0 Å². The van der Waals surface area contributed by atoms with Crippen LogP contribution in [0.1, 0.15) is 0 Å². The number of carbonyl (C=O) groups is 1. The zero-order valence-corrected chi connectivity index (χ0v) is 7.97. The zero-order chi connectivity index (χ0) is 12.4. The zero-order valence-electron chi connectivity index (χ0n) is 7.97. The van der Waals surface area contributed by atoms with Gasteiger partial charge in [-0.15, -0.1) is 0 Å². The molecule has 0 saturated heterocycles. The average Bonchev–Trinajstić information content (AvgIpc) is 2.25. The van der Waals surface area contributed by atoms with E-state index in [1.165, 1.54) is 0 Å². The van der Waals surface area contributed by atoms with Crippen molar-refractivity contribution in [1.29, 1.82) is 0 Å². The minimum absolute atomic E-state index is 0.0258. The van der Waals surface area contributed by atoms with E-state index >= 15 is 0 Å². The molecule has 0 radical (unpaired) electrons. The summed E-state index contributed by atoms with van der Waals surface area (Å²) >= 11 is 0. The Bertz CT molecular complexity index is 172. The van der Waals surface area contributed by atoms with Gasteiger partial charge in [0.15, 0.2) is 6.29 Å². The molecule has 0 aromatic heterocycles. The van der Waals surface area contributed by atoms with Gasteiger partial charge < -0.3 is 35.4 Å². The summed E-state index contributed by atoms with van der Waals surface area (Å²) in [6, 6.07) is 0. The number of hydrogen-bond donors (Lipinski definition) is 6. The Morgan fingerprint density at radius 1 is 1.13 bits per heavy atom. The van der Waals surface area contributed by atoms with Crippen molar-refractivity contribution in [1.82, 2.24) is 0 Å². The number of aliphatic hydroxyl groups excluding tert-OH is 6. The molecule has 0 aromatic carbocycles. The fourth-order valence-corrected chi connectivity index (χ4v) is 0.618. The molecule has 15 heavy (non-hydrogen) atoms. The Labute approximate surface area is 86.5 Å². The summed E-state index contributed by atoms with van der Waals surface area (Å²) < 4.78 is 0. The van der Waals surface area contributed by atoms with E-state index in [0.29, 0.717) is 0 Å². The molecule has 0 aliphatic carbocycles. The van der Waals surface area contributed by atoms with Gasteiger partial charge in [0.25, 0.3) is 0 Å². The summed E-state index contributed by atoms with van der Waals surface area (Å²) in [5.74, 6) is 0. The Kier molecular flexibility index (Phi) is 10.5. The molecule has 0 rings (SSSR count). The van der Waals surface area contributed by atoms with Crippen LogP contribution in [0.3, 0.4) is 0 Å². The summed E-state index contributed by atoms with van der Waals surface area (Å²) in [4.78, 5) is 9.90. The second-order valence-electron chi connectivity index (χ2n) is 2.54. The van der Waals surface area contributed by atoms with Gasteiger partial charge in [-0.2, -0.15) is 0 Å². The quantitative estimate of drug-likeness (QED) is 0.221. The summed E-state index contributed by atoms with van der Waals surface area (Å²) in [6.07, 6.45) is -6.09. The topological polar surface area (TPSA) is 138 Å². The molecule has 0 aromatic rings. The maximum absolute atomic E-state index is 9.90. The van der Waals surface area contributed by atoms with E-state index < -0.39 is 31.0 Å². The van der Waals surface area contributed by atoms with E-state index in [9.17, 15) is 4.79 Å². The number of aliphatic hydroxyl groups is 6. The fourth-order valence-electron chi connectivity index (χ4n) is 0.618. The standard InChI is InChI=1S/C6H12O6.C2H4O/c7-1-3(9)5(11)6(12)4(10)2-8;1-2-3/h1,3-6,8-12H,2H2;2-3H,1H2. The minimum Gasteiger partial charge on any atom is -0.516 e. The van der Waals surface area contributed by atoms with Gasteiger partial charge in [0.1, 0.15) is 24.4 Å². The second kappa shape index (κ2) is 9.56. The van der Waals surface area contributed by atoms with Crippen LogP contribution in [0.25, 0.3) is 0 Å². The van der Waals surface area contributed by atoms with Gasteiger partial charge in [-0.1, -0.05) is 6.58 Å². The molecule has 6 N–H and O–H groups in total. The van der Waals surface area contributed by atoms with Crippen molar-refractivity contribution in [3.63, 3.8) is 0 Å². The Morgan fingerprint density at radius 3 is 1.80 bits per heavy atom. The molecule has 0 amide bonds. The summed E-state index contributed by atoms with van der Waals surface area (Å²) in [7, 11) is 0. The van der Waals surface area contributed by atoms with E-state index in [2.05, 4.69) is 6.58 Å². The van der Waals surface area contributed by atoms with Crippen LogP contribution in [0.2, 0.25) is 0 Å². The molecule has 0 bridgehead atoms. The summed E-state index contributed by atoms with van der Waals surface area (Å²) in [5, 5.41) is 50.9. The molecule has 0 heterocycles. The second-order valence-corrected chi connectivity index (χ2v) is 2.54. The molecule has 0 saturated carbocycles. The lowest BCUT2D eigenvalue weighted by molar-refractivity contribution is -0.136. The highest BCUT2D eigenvalue weighted by Gasteiger charge is 2.29. The third-order valence-corrected chi connectivity index (χ3v) is 1.42. The molecular weight excluding hydrogens is 208 g/mol. The van der Waals surface area contributed by atoms with E-state index in [4.69, 9.17) is 30.6 Å². The van der Waals surface area contributed by atoms with E-state index in [1.807, 2.05) is 0 Å². The third kappa shape index (κ3) is 7.00. The summed E-state index contributed by atoms with van der Waals surface area (Å²) in [5.41, 5.74) is 0. The predicted octanol–water partition coefficient (Wildman–Crippen LogP) is -2.69. The first kappa shape index (κ1) is 16.4. The van der Waals surface area contributed by atoms with Gasteiger partial charge in [0.2, 0.25) is 0 Å². The molecule has 90 valence electrons. The molecule has 0 aliphatic rings. The number of aldehydes is 1. The van der Waals surface area contributed by atoms with Gasteiger partial charge in [0, 0.05) is 0 Å². The third-order valence-electron chi connectivity index (χ3n) is 1.42. The number of hydrogen-bond acceptors (Lipinski definition) is 7. The van der Waals surface area contributed by atoms with Gasteiger partial charge in [0.05, 0.1) is 12.9 Å². The first-order valence-electron chi connectivity index (χ1n) is 3.99. The first-order chi connectivity index (χ1) is 6.95. The highest BCUT2D eigenvalue weighted by atomic mass is 16.4. The Balaban J connectivity index is 0. The molecule has 7 nitrogen and oxygen atoms in total. The lowest BCUT2D eigenvalue weighted by atomic mass is 10.0. The molecule has 4 unspecified atom stereocenters. The predicted molar refractivity (Wildman–Crippen MR) is 50.0 cm³/mol. The van der Waals surface area contributed by atoms with Crippen LogP contribution in [0.15, 0.2) is 12.8 Å². The molecule has 7 heteroatoms. The average molecular weight is 224 g/mol. The monoisotopic (exact) mass is 224 g/mol. The van der Waals surface area contributed by atoms with Crippen LogP contribution < -0.4 is 0 Å². The van der Waals surface area contributed by atoms with Gasteiger partial charge in [-0.25, -0.2) is 0 Å². The normalized spacial score (nSPS) is 17.7. The van der Waals surface area contributed by atoms with Crippen LogP contribution in [-0.4, -0.2) is 67.9 Å². The van der Waals surface area contributed by atoms with Crippen LogP contribution in [0, 0.1) is 0 Å². The minimum atomic E-state index is -1.79. The van der Waals surface area contributed by atoms with Crippen molar-refractivity contribution in [3.8, 4) is 0 Å². The number of rotatable bonds is 5. The fraction of sp³-hybridized carbons (Fsp3) is 0.625. The molecule has 0 spiro atoms. The molecule has 4 atom stereocenters. The number of carbonyl (C=O) groups excluding carboxylic acids is 1. The molecule has 0 fully saturated rings. The van der Waals surface area contributed by atoms with E-state index in [-0.39, 0.29) is 6.29 Å². The van der Waals surface area contributed by atoms with Crippen molar-refractivity contribution < 1.29 is 35.4 Å².